The van der Waals surface area contributed by atoms with Crippen LogP contribution in [0.3, 0.4) is 0 Å². The second-order valence-corrected chi connectivity index (χ2v) is 6.92. The van der Waals surface area contributed by atoms with Crippen LogP contribution in [0, 0.1) is 11.7 Å². The molecule has 26 heavy (non-hydrogen) atoms. The van der Waals surface area contributed by atoms with Crippen molar-refractivity contribution in [3.8, 4) is 5.75 Å². The SMILES string of the molecule is COC(=O)c1ccc(Nc2ccc(OCC(C)C)c(C(C)C)c2)cc1F. The van der Waals surface area contributed by atoms with Crippen LogP contribution in [-0.2, 0) is 4.74 Å². The molecule has 0 saturated carbocycles. The fraction of sp³-hybridized carbons (Fsp3) is 0.381. The van der Waals surface area contributed by atoms with E-state index in [1.807, 2.05) is 18.2 Å². The number of anilines is 2. The molecule has 1 N–H and O–H groups in total. The van der Waals surface area contributed by atoms with Gasteiger partial charge in [-0.05, 0) is 53.8 Å². The molecule has 0 spiro atoms. The molecule has 0 amide bonds. The first-order chi connectivity index (χ1) is 12.3. The summed E-state index contributed by atoms with van der Waals surface area (Å²) in [5.74, 6) is 0.290. The lowest BCUT2D eigenvalue weighted by atomic mass is 10.0. The van der Waals surface area contributed by atoms with Crippen molar-refractivity contribution in [3.63, 3.8) is 0 Å². The Morgan fingerprint density at radius 3 is 2.31 bits per heavy atom. The van der Waals surface area contributed by atoms with Gasteiger partial charge in [0.15, 0.2) is 0 Å². The minimum atomic E-state index is -0.692. The average molecular weight is 359 g/mol. The van der Waals surface area contributed by atoms with Crippen LogP contribution in [0.2, 0.25) is 0 Å². The molecule has 0 fully saturated rings. The van der Waals surface area contributed by atoms with Crippen molar-refractivity contribution in [1.29, 1.82) is 0 Å². The van der Waals surface area contributed by atoms with Crippen LogP contribution in [0.15, 0.2) is 36.4 Å². The monoisotopic (exact) mass is 359 g/mol. The third kappa shape index (κ3) is 4.97. The van der Waals surface area contributed by atoms with Crippen LogP contribution in [0.5, 0.6) is 5.75 Å². The van der Waals surface area contributed by atoms with E-state index in [0.29, 0.717) is 18.2 Å². The smallest absolute Gasteiger partial charge is 0.340 e. The standard InChI is InChI=1S/C21H26FNO3/c1-13(2)12-26-20-9-7-15(10-18(20)14(3)4)23-16-6-8-17(19(22)11-16)21(24)25-5/h6-11,13-14,23H,12H2,1-5H3. The van der Waals surface area contributed by atoms with Crippen molar-refractivity contribution in [2.45, 2.75) is 33.6 Å². The first-order valence-corrected chi connectivity index (χ1v) is 8.73. The van der Waals surface area contributed by atoms with E-state index in [9.17, 15) is 9.18 Å². The van der Waals surface area contributed by atoms with Gasteiger partial charge in [-0.2, -0.15) is 0 Å². The molecule has 4 nitrogen and oxygen atoms in total. The number of nitrogens with one attached hydrogen (secondary N) is 1. The second-order valence-electron chi connectivity index (χ2n) is 6.92. The molecule has 2 aromatic carbocycles. The molecule has 2 rings (SSSR count). The number of hydrogen-bond acceptors (Lipinski definition) is 4. The molecular formula is C21H26FNO3. The van der Waals surface area contributed by atoms with E-state index >= 15 is 0 Å². The van der Waals surface area contributed by atoms with Gasteiger partial charge in [-0.3, -0.25) is 0 Å². The summed E-state index contributed by atoms with van der Waals surface area (Å²) in [6.45, 7) is 9.08. The normalized spacial score (nSPS) is 10.9. The van der Waals surface area contributed by atoms with Gasteiger partial charge in [0.25, 0.3) is 0 Å². The maximum absolute atomic E-state index is 14.1. The van der Waals surface area contributed by atoms with Crippen LogP contribution in [0.4, 0.5) is 15.8 Å². The molecule has 0 atom stereocenters. The van der Waals surface area contributed by atoms with E-state index in [1.165, 1.54) is 19.2 Å². The van der Waals surface area contributed by atoms with Crippen molar-refractivity contribution >= 4 is 17.3 Å². The number of hydrogen-bond donors (Lipinski definition) is 1. The van der Waals surface area contributed by atoms with Crippen molar-refractivity contribution in [2.24, 2.45) is 5.92 Å². The first-order valence-electron chi connectivity index (χ1n) is 8.73. The third-order valence-corrected chi connectivity index (χ3v) is 3.87. The number of carbonyl (C=O) groups is 1. The second kappa shape index (κ2) is 8.70. The third-order valence-electron chi connectivity index (χ3n) is 3.87. The Bertz CT molecular complexity index is 772. The molecule has 0 saturated heterocycles. The summed E-state index contributed by atoms with van der Waals surface area (Å²) in [5, 5.41) is 3.17. The lowest BCUT2D eigenvalue weighted by molar-refractivity contribution is 0.0595. The zero-order valence-electron chi connectivity index (χ0n) is 15.9. The molecular weight excluding hydrogens is 333 g/mol. The molecule has 0 unspecified atom stereocenters. The summed E-state index contributed by atoms with van der Waals surface area (Å²) in [4.78, 5) is 11.5. The van der Waals surface area contributed by atoms with Crippen molar-refractivity contribution in [1.82, 2.24) is 0 Å². The Kier molecular flexibility index (Phi) is 6.61. The first kappa shape index (κ1) is 19.8. The van der Waals surface area contributed by atoms with E-state index in [0.717, 1.165) is 17.0 Å². The summed E-state index contributed by atoms with van der Waals surface area (Å²) in [5.41, 5.74) is 2.39. The Morgan fingerprint density at radius 1 is 1.08 bits per heavy atom. The Hall–Kier alpha value is -2.56. The van der Waals surface area contributed by atoms with Gasteiger partial charge < -0.3 is 14.8 Å². The van der Waals surface area contributed by atoms with Gasteiger partial charge in [0.1, 0.15) is 11.6 Å². The zero-order chi connectivity index (χ0) is 19.3. The van der Waals surface area contributed by atoms with Gasteiger partial charge in [-0.1, -0.05) is 27.7 Å². The highest BCUT2D eigenvalue weighted by molar-refractivity contribution is 5.90. The van der Waals surface area contributed by atoms with Gasteiger partial charge in [0, 0.05) is 11.4 Å². The molecule has 5 heteroatoms. The molecule has 0 radical (unpaired) electrons. The van der Waals surface area contributed by atoms with E-state index < -0.39 is 11.8 Å². The summed E-state index contributed by atoms with van der Waals surface area (Å²) in [7, 11) is 1.23. The quantitative estimate of drug-likeness (QED) is 0.662. The molecule has 0 bridgehead atoms. The van der Waals surface area contributed by atoms with Crippen LogP contribution in [0.25, 0.3) is 0 Å². The van der Waals surface area contributed by atoms with Gasteiger partial charge in [-0.25, -0.2) is 9.18 Å². The number of halogens is 1. The number of esters is 1. The summed E-state index contributed by atoms with van der Waals surface area (Å²) >= 11 is 0. The molecule has 2 aromatic rings. The van der Waals surface area contributed by atoms with Crippen LogP contribution >= 0.6 is 0 Å². The van der Waals surface area contributed by atoms with E-state index in [2.05, 4.69) is 37.7 Å². The molecule has 0 aromatic heterocycles. The highest BCUT2D eigenvalue weighted by Crippen LogP contribution is 2.31. The highest BCUT2D eigenvalue weighted by atomic mass is 19.1. The fourth-order valence-electron chi connectivity index (χ4n) is 2.50. The van der Waals surface area contributed by atoms with E-state index in [-0.39, 0.29) is 11.5 Å². The number of methoxy groups -OCH3 is 1. The molecule has 0 heterocycles. The summed E-state index contributed by atoms with van der Waals surface area (Å²) in [6.07, 6.45) is 0. The topological polar surface area (TPSA) is 47.6 Å². The van der Waals surface area contributed by atoms with Gasteiger partial charge in [0.05, 0.1) is 19.3 Å². The lowest BCUT2D eigenvalue weighted by Crippen LogP contribution is -2.07. The van der Waals surface area contributed by atoms with Gasteiger partial charge in [0.2, 0.25) is 0 Å². The largest absolute Gasteiger partial charge is 0.493 e. The lowest BCUT2D eigenvalue weighted by Gasteiger charge is -2.17. The van der Waals surface area contributed by atoms with Gasteiger partial charge >= 0.3 is 5.97 Å². The van der Waals surface area contributed by atoms with Crippen molar-refractivity contribution < 1.29 is 18.7 Å². The van der Waals surface area contributed by atoms with Gasteiger partial charge in [-0.15, -0.1) is 0 Å². The number of rotatable bonds is 7. The maximum atomic E-state index is 14.1. The predicted octanol–water partition coefficient (Wildman–Crippen LogP) is 5.51. The van der Waals surface area contributed by atoms with Crippen LogP contribution in [-0.4, -0.2) is 19.7 Å². The molecule has 0 aliphatic heterocycles. The minimum absolute atomic E-state index is 0.0849. The van der Waals surface area contributed by atoms with Crippen molar-refractivity contribution in [3.05, 3.63) is 53.3 Å². The van der Waals surface area contributed by atoms with Crippen molar-refractivity contribution in [2.75, 3.05) is 19.0 Å². The van der Waals surface area contributed by atoms with Crippen LogP contribution in [0.1, 0.15) is 49.5 Å². The number of benzene rings is 2. The minimum Gasteiger partial charge on any atom is -0.493 e. The maximum Gasteiger partial charge on any atom is 0.340 e. The van der Waals surface area contributed by atoms with E-state index in [4.69, 9.17) is 4.74 Å². The van der Waals surface area contributed by atoms with Crippen LogP contribution < -0.4 is 10.1 Å². The average Bonchev–Trinajstić information content (AvgIpc) is 2.59. The highest BCUT2D eigenvalue weighted by Gasteiger charge is 2.13. The predicted molar refractivity (Wildman–Crippen MR) is 102 cm³/mol. The summed E-state index contributed by atoms with van der Waals surface area (Å²) in [6, 6.07) is 10.2. The molecule has 140 valence electrons. The summed E-state index contributed by atoms with van der Waals surface area (Å²) < 4.78 is 24.5. The molecule has 0 aliphatic rings. The Balaban J connectivity index is 2.23. The zero-order valence-corrected chi connectivity index (χ0v) is 15.9. The Morgan fingerprint density at radius 2 is 1.73 bits per heavy atom. The van der Waals surface area contributed by atoms with E-state index in [1.54, 1.807) is 6.07 Å². The Labute approximate surface area is 154 Å². The number of ether oxygens (including phenoxy) is 2. The molecule has 0 aliphatic carbocycles. The fourth-order valence-corrected chi connectivity index (χ4v) is 2.50. The number of carbonyl (C=O) groups excluding carboxylic acids is 1.